The molecular weight excluding hydrogens is 324 g/mol. The number of halogens is 2. The monoisotopic (exact) mass is 341 g/mol. The third kappa shape index (κ3) is 3.71. The minimum atomic E-state index is -0.708. The molecule has 0 saturated heterocycles. The summed E-state index contributed by atoms with van der Waals surface area (Å²) >= 11 is 0. The van der Waals surface area contributed by atoms with E-state index < -0.39 is 11.6 Å². The topological polar surface area (TPSA) is 62.7 Å². The predicted octanol–water partition coefficient (Wildman–Crippen LogP) is 4.51. The lowest BCUT2D eigenvalue weighted by Gasteiger charge is -2.13. The number of aromatic nitrogens is 3. The van der Waals surface area contributed by atoms with Crippen LogP contribution in [0.4, 0.5) is 31.9 Å². The average molecular weight is 341 g/mol. The van der Waals surface area contributed by atoms with E-state index in [2.05, 4.69) is 32.7 Å². The van der Waals surface area contributed by atoms with E-state index in [1.54, 1.807) is 0 Å². The first-order chi connectivity index (χ1) is 12.1. The van der Waals surface area contributed by atoms with Crippen molar-refractivity contribution in [1.82, 2.24) is 15.2 Å². The molecular formula is C18H17F2N5. The van der Waals surface area contributed by atoms with Gasteiger partial charge in [-0.1, -0.05) is 31.2 Å². The zero-order valence-corrected chi connectivity index (χ0v) is 13.8. The highest BCUT2D eigenvalue weighted by Gasteiger charge is 2.11. The first kappa shape index (κ1) is 16.8. The largest absolute Gasteiger partial charge is 0.334 e. The molecule has 0 radical (unpaired) electrons. The molecule has 0 atom stereocenters. The summed E-state index contributed by atoms with van der Waals surface area (Å²) in [5, 5.41) is 13.5. The van der Waals surface area contributed by atoms with Gasteiger partial charge >= 0.3 is 0 Å². The second-order valence-corrected chi connectivity index (χ2v) is 5.47. The Labute approximate surface area is 144 Å². The van der Waals surface area contributed by atoms with Gasteiger partial charge in [0.2, 0.25) is 5.95 Å². The molecule has 0 unspecified atom stereocenters. The zero-order chi connectivity index (χ0) is 17.8. The van der Waals surface area contributed by atoms with Gasteiger partial charge in [0, 0.05) is 5.69 Å². The zero-order valence-electron chi connectivity index (χ0n) is 13.8. The fourth-order valence-electron chi connectivity index (χ4n) is 2.48. The molecule has 0 bridgehead atoms. The van der Waals surface area contributed by atoms with E-state index in [0.29, 0.717) is 0 Å². The van der Waals surface area contributed by atoms with Crippen LogP contribution >= 0.6 is 0 Å². The Kier molecular flexibility index (Phi) is 4.83. The molecule has 0 aliphatic carbocycles. The van der Waals surface area contributed by atoms with Gasteiger partial charge in [-0.15, -0.1) is 5.10 Å². The van der Waals surface area contributed by atoms with Crippen molar-refractivity contribution in [1.29, 1.82) is 0 Å². The molecule has 0 fully saturated rings. The van der Waals surface area contributed by atoms with Crippen LogP contribution in [0.2, 0.25) is 0 Å². The number of hydrogen-bond acceptors (Lipinski definition) is 5. The Morgan fingerprint density at radius 1 is 0.960 bits per heavy atom. The standard InChI is InChI=1S/C18H17F2N5/c1-3-12-7-4-6-11(2)16(12)24-18-23-15(10-21-25-18)22-17-13(19)8-5-9-14(17)20/h4-10H,3H2,1-2H3,(H2,22,23,24,25). The summed E-state index contributed by atoms with van der Waals surface area (Å²) in [6.07, 6.45) is 2.14. The van der Waals surface area contributed by atoms with Crippen molar-refractivity contribution >= 4 is 23.1 Å². The number of para-hydroxylation sites is 2. The number of nitrogens with zero attached hydrogens (tertiary/aromatic N) is 3. The predicted molar refractivity (Wildman–Crippen MR) is 93.3 cm³/mol. The van der Waals surface area contributed by atoms with Crippen LogP contribution in [0.3, 0.4) is 0 Å². The van der Waals surface area contributed by atoms with Crippen LogP contribution in [0.5, 0.6) is 0 Å². The Morgan fingerprint density at radius 3 is 2.40 bits per heavy atom. The maximum Gasteiger partial charge on any atom is 0.249 e. The number of rotatable bonds is 5. The van der Waals surface area contributed by atoms with Crippen LogP contribution in [0, 0.1) is 18.6 Å². The number of nitrogens with one attached hydrogen (secondary N) is 2. The summed E-state index contributed by atoms with van der Waals surface area (Å²) < 4.78 is 27.5. The Morgan fingerprint density at radius 2 is 1.68 bits per heavy atom. The Hall–Kier alpha value is -3.09. The second-order valence-electron chi connectivity index (χ2n) is 5.47. The second kappa shape index (κ2) is 7.21. The van der Waals surface area contributed by atoms with E-state index in [-0.39, 0.29) is 17.5 Å². The van der Waals surface area contributed by atoms with Crippen molar-refractivity contribution in [2.24, 2.45) is 0 Å². The van der Waals surface area contributed by atoms with Crippen LogP contribution in [-0.2, 0) is 6.42 Å². The van der Waals surface area contributed by atoms with Gasteiger partial charge in [-0.2, -0.15) is 10.1 Å². The molecule has 0 spiro atoms. The van der Waals surface area contributed by atoms with Crippen molar-refractivity contribution in [2.75, 3.05) is 10.6 Å². The molecule has 0 amide bonds. The first-order valence-electron chi connectivity index (χ1n) is 7.84. The lowest BCUT2D eigenvalue weighted by Crippen LogP contribution is -2.06. The molecule has 0 saturated carbocycles. The van der Waals surface area contributed by atoms with Crippen LogP contribution in [0.15, 0.2) is 42.6 Å². The Balaban J connectivity index is 1.88. The van der Waals surface area contributed by atoms with Crippen molar-refractivity contribution in [3.8, 4) is 0 Å². The van der Waals surface area contributed by atoms with E-state index in [0.717, 1.165) is 23.2 Å². The lowest BCUT2D eigenvalue weighted by atomic mass is 10.1. The maximum absolute atomic E-state index is 13.8. The van der Waals surface area contributed by atoms with Gasteiger partial charge in [-0.25, -0.2) is 8.78 Å². The van der Waals surface area contributed by atoms with Crippen molar-refractivity contribution in [3.63, 3.8) is 0 Å². The van der Waals surface area contributed by atoms with Gasteiger partial charge in [0.15, 0.2) is 5.82 Å². The molecule has 2 aromatic carbocycles. The van der Waals surface area contributed by atoms with Crippen LogP contribution in [0.1, 0.15) is 18.1 Å². The van der Waals surface area contributed by atoms with Gasteiger partial charge in [0.05, 0.1) is 6.20 Å². The molecule has 7 heteroatoms. The molecule has 1 heterocycles. The maximum atomic E-state index is 13.8. The summed E-state index contributed by atoms with van der Waals surface area (Å²) in [4.78, 5) is 4.23. The third-order valence-electron chi connectivity index (χ3n) is 3.75. The third-order valence-corrected chi connectivity index (χ3v) is 3.75. The summed E-state index contributed by atoms with van der Waals surface area (Å²) in [6.45, 7) is 4.03. The number of aryl methyl sites for hydroxylation is 2. The quantitative estimate of drug-likeness (QED) is 0.715. The fraction of sp³-hybridized carbons (Fsp3) is 0.167. The summed E-state index contributed by atoms with van der Waals surface area (Å²) in [6, 6.07) is 9.61. The van der Waals surface area contributed by atoms with Crippen LogP contribution in [0.25, 0.3) is 0 Å². The first-order valence-corrected chi connectivity index (χ1v) is 7.84. The molecule has 2 N–H and O–H groups in total. The minimum absolute atomic E-state index is 0.188. The molecule has 3 aromatic rings. The molecule has 25 heavy (non-hydrogen) atoms. The van der Waals surface area contributed by atoms with Gasteiger partial charge in [-0.3, -0.25) is 0 Å². The SMILES string of the molecule is CCc1cccc(C)c1Nc1nncc(Nc2c(F)cccc2F)n1. The smallest absolute Gasteiger partial charge is 0.249 e. The number of anilines is 4. The molecule has 1 aromatic heterocycles. The normalized spacial score (nSPS) is 10.6. The molecule has 0 aliphatic heterocycles. The fourth-order valence-corrected chi connectivity index (χ4v) is 2.48. The lowest BCUT2D eigenvalue weighted by molar-refractivity contribution is 0.590. The summed E-state index contributed by atoms with van der Waals surface area (Å²) in [5.41, 5.74) is 2.78. The Bertz CT molecular complexity index is 878. The van der Waals surface area contributed by atoms with Crippen LogP contribution in [-0.4, -0.2) is 15.2 Å². The molecule has 0 aliphatic rings. The van der Waals surface area contributed by atoms with Crippen molar-refractivity contribution in [3.05, 3.63) is 65.4 Å². The van der Waals surface area contributed by atoms with Gasteiger partial charge < -0.3 is 10.6 Å². The minimum Gasteiger partial charge on any atom is -0.334 e. The van der Waals surface area contributed by atoms with Crippen molar-refractivity contribution in [2.45, 2.75) is 20.3 Å². The van der Waals surface area contributed by atoms with E-state index in [1.165, 1.54) is 24.4 Å². The van der Waals surface area contributed by atoms with Crippen LogP contribution < -0.4 is 10.6 Å². The highest BCUT2D eigenvalue weighted by molar-refractivity contribution is 5.64. The summed E-state index contributed by atoms with van der Waals surface area (Å²) in [7, 11) is 0. The summed E-state index contributed by atoms with van der Waals surface area (Å²) in [5.74, 6) is -0.987. The van der Waals surface area contributed by atoms with E-state index in [1.807, 2.05) is 25.1 Å². The molecule has 3 rings (SSSR count). The molecule has 5 nitrogen and oxygen atoms in total. The van der Waals surface area contributed by atoms with Gasteiger partial charge in [-0.05, 0) is 36.6 Å². The average Bonchev–Trinajstić information content (AvgIpc) is 2.60. The van der Waals surface area contributed by atoms with Gasteiger partial charge in [0.1, 0.15) is 17.3 Å². The molecule has 128 valence electrons. The van der Waals surface area contributed by atoms with E-state index in [4.69, 9.17) is 0 Å². The highest BCUT2D eigenvalue weighted by atomic mass is 19.1. The van der Waals surface area contributed by atoms with Crippen molar-refractivity contribution < 1.29 is 8.78 Å². The highest BCUT2D eigenvalue weighted by Crippen LogP contribution is 2.25. The number of benzene rings is 2. The van der Waals surface area contributed by atoms with Gasteiger partial charge in [0.25, 0.3) is 0 Å². The number of hydrogen-bond donors (Lipinski definition) is 2. The van der Waals surface area contributed by atoms with E-state index >= 15 is 0 Å². The van der Waals surface area contributed by atoms with E-state index in [9.17, 15) is 8.78 Å².